The highest BCUT2D eigenvalue weighted by molar-refractivity contribution is 5.78. The topological polar surface area (TPSA) is 30.2 Å². The Kier molecular flexibility index (Phi) is 1.78. The average Bonchev–Trinajstić information content (AvgIpc) is 2.76. The Bertz CT molecular complexity index is 695. The van der Waals surface area contributed by atoms with Gasteiger partial charge in [0.05, 0.1) is 16.7 Å². The molecule has 2 aromatic heterocycles. The van der Waals surface area contributed by atoms with E-state index in [1.165, 1.54) is 25.0 Å². The molecule has 0 unspecified atom stereocenters. The summed E-state index contributed by atoms with van der Waals surface area (Å²) in [6, 6.07) is 8.27. The normalized spacial score (nSPS) is 16.5. The first kappa shape index (κ1) is 9.16. The Morgan fingerprint density at radius 1 is 1.18 bits per heavy atom. The molecule has 84 valence electrons. The Morgan fingerprint density at radius 2 is 2.06 bits per heavy atom. The van der Waals surface area contributed by atoms with Crippen LogP contribution in [0, 0.1) is 0 Å². The summed E-state index contributed by atoms with van der Waals surface area (Å²) in [6.07, 6.45) is 7.74. The summed E-state index contributed by atoms with van der Waals surface area (Å²) in [6.45, 7) is 0. The number of benzene rings is 1. The fourth-order valence-corrected chi connectivity index (χ4v) is 2.59. The Hall–Kier alpha value is -1.90. The fourth-order valence-electron chi connectivity index (χ4n) is 2.59. The number of hydrogen-bond donors (Lipinski definition) is 0. The highest BCUT2D eigenvalue weighted by Crippen LogP contribution is 2.37. The minimum absolute atomic E-state index is 0.615. The lowest BCUT2D eigenvalue weighted by molar-refractivity contribution is 0.413. The largest absolute Gasteiger partial charge is 0.297 e. The second kappa shape index (κ2) is 3.29. The molecule has 1 aromatic carbocycles. The zero-order chi connectivity index (χ0) is 11.2. The van der Waals surface area contributed by atoms with Gasteiger partial charge < -0.3 is 0 Å². The molecule has 0 radical (unpaired) electrons. The molecule has 1 saturated carbocycles. The van der Waals surface area contributed by atoms with E-state index in [1.807, 2.05) is 24.5 Å². The fraction of sp³-hybridized carbons (Fsp3) is 0.286. The number of nitrogens with zero attached hydrogens (tertiary/aromatic N) is 3. The van der Waals surface area contributed by atoms with Gasteiger partial charge in [0.25, 0.3) is 0 Å². The molecule has 3 nitrogen and oxygen atoms in total. The number of fused-ring (bicyclic) bond motifs is 3. The van der Waals surface area contributed by atoms with Crippen molar-refractivity contribution in [3.63, 3.8) is 0 Å². The maximum atomic E-state index is 4.81. The Morgan fingerprint density at radius 3 is 2.88 bits per heavy atom. The maximum Gasteiger partial charge on any atom is 0.159 e. The highest BCUT2D eigenvalue weighted by Gasteiger charge is 2.24. The summed E-state index contributed by atoms with van der Waals surface area (Å²) < 4.78 is 2.16. The van der Waals surface area contributed by atoms with Crippen LogP contribution < -0.4 is 0 Å². The second-order valence-corrected chi connectivity index (χ2v) is 4.73. The van der Waals surface area contributed by atoms with Crippen LogP contribution in [-0.4, -0.2) is 14.4 Å². The molecule has 0 spiro atoms. The van der Waals surface area contributed by atoms with Crippen LogP contribution in [0.1, 0.15) is 30.9 Å². The van der Waals surface area contributed by atoms with Crippen molar-refractivity contribution in [2.45, 2.75) is 25.2 Å². The van der Waals surface area contributed by atoms with Gasteiger partial charge in [-0.25, -0.2) is 9.97 Å². The summed E-state index contributed by atoms with van der Waals surface area (Å²) in [7, 11) is 0. The van der Waals surface area contributed by atoms with Crippen molar-refractivity contribution in [3.05, 3.63) is 42.4 Å². The van der Waals surface area contributed by atoms with E-state index < -0.39 is 0 Å². The summed E-state index contributed by atoms with van der Waals surface area (Å²) in [5, 5.41) is 0. The van der Waals surface area contributed by atoms with Crippen molar-refractivity contribution in [2.24, 2.45) is 0 Å². The first-order valence-electron chi connectivity index (χ1n) is 6.15. The standard InChI is InChI=1S/C14H13N3/c1-2-7-12-11(6-1)16-13(10-4-3-5-10)14-15-8-9-17(12)14/h1-2,6-10H,3-5H2. The van der Waals surface area contributed by atoms with Crippen LogP contribution in [0.5, 0.6) is 0 Å². The summed E-state index contributed by atoms with van der Waals surface area (Å²) in [5.74, 6) is 0.615. The van der Waals surface area contributed by atoms with E-state index in [1.54, 1.807) is 0 Å². The molecule has 2 heterocycles. The lowest BCUT2D eigenvalue weighted by atomic mass is 9.83. The van der Waals surface area contributed by atoms with Crippen LogP contribution in [0.4, 0.5) is 0 Å². The van der Waals surface area contributed by atoms with Crippen molar-refractivity contribution in [3.8, 4) is 0 Å². The van der Waals surface area contributed by atoms with Crippen LogP contribution in [0.25, 0.3) is 16.7 Å². The quantitative estimate of drug-likeness (QED) is 0.634. The minimum Gasteiger partial charge on any atom is -0.297 e. The molecule has 0 amide bonds. The first-order chi connectivity index (χ1) is 8.43. The number of hydrogen-bond acceptors (Lipinski definition) is 2. The average molecular weight is 223 g/mol. The van der Waals surface area contributed by atoms with Crippen molar-refractivity contribution < 1.29 is 0 Å². The zero-order valence-electron chi connectivity index (χ0n) is 9.50. The minimum atomic E-state index is 0.615. The summed E-state index contributed by atoms with van der Waals surface area (Å²) >= 11 is 0. The van der Waals surface area contributed by atoms with E-state index in [4.69, 9.17) is 4.98 Å². The van der Waals surface area contributed by atoms with Crippen molar-refractivity contribution in [1.29, 1.82) is 0 Å². The van der Waals surface area contributed by atoms with Crippen LogP contribution in [0.2, 0.25) is 0 Å². The molecule has 17 heavy (non-hydrogen) atoms. The third-order valence-corrected chi connectivity index (χ3v) is 3.74. The lowest BCUT2D eigenvalue weighted by Crippen LogP contribution is -2.12. The van der Waals surface area contributed by atoms with Crippen molar-refractivity contribution in [2.75, 3.05) is 0 Å². The second-order valence-electron chi connectivity index (χ2n) is 4.73. The van der Waals surface area contributed by atoms with E-state index >= 15 is 0 Å². The van der Waals surface area contributed by atoms with Gasteiger partial charge in [-0.2, -0.15) is 0 Å². The smallest absolute Gasteiger partial charge is 0.159 e. The Balaban J connectivity index is 2.12. The molecule has 3 aromatic rings. The molecule has 0 atom stereocenters. The molecular weight excluding hydrogens is 210 g/mol. The summed E-state index contributed by atoms with van der Waals surface area (Å²) in [5.41, 5.74) is 4.43. The predicted molar refractivity (Wildman–Crippen MR) is 67.1 cm³/mol. The zero-order valence-corrected chi connectivity index (χ0v) is 9.50. The van der Waals surface area contributed by atoms with Crippen LogP contribution in [-0.2, 0) is 0 Å². The van der Waals surface area contributed by atoms with Gasteiger partial charge in [0.15, 0.2) is 5.65 Å². The predicted octanol–water partition coefficient (Wildman–Crippen LogP) is 3.15. The maximum absolute atomic E-state index is 4.81. The van der Waals surface area contributed by atoms with Gasteiger partial charge in [0.2, 0.25) is 0 Å². The Labute approximate surface area is 99.1 Å². The van der Waals surface area contributed by atoms with Gasteiger partial charge in [0, 0.05) is 18.3 Å². The molecule has 4 rings (SSSR count). The third-order valence-electron chi connectivity index (χ3n) is 3.74. The van der Waals surface area contributed by atoms with Gasteiger partial charge in [-0.3, -0.25) is 4.40 Å². The van der Waals surface area contributed by atoms with E-state index in [0.29, 0.717) is 5.92 Å². The first-order valence-corrected chi connectivity index (χ1v) is 6.15. The number of imidazole rings is 1. The van der Waals surface area contributed by atoms with E-state index in [-0.39, 0.29) is 0 Å². The number of aromatic nitrogens is 3. The van der Waals surface area contributed by atoms with Crippen LogP contribution in [0.15, 0.2) is 36.7 Å². The molecular formula is C14H13N3. The van der Waals surface area contributed by atoms with E-state index in [9.17, 15) is 0 Å². The SMILES string of the molecule is c1ccc2c(c1)nc(C1CCC1)c1nccn12. The van der Waals surface area contributed by atoms with Crippen LogP contribution >= 0.6 is 0 Å². The van der Waals surface area contributed by atoms with Gasteiger partial charge in [-0.15, -0.1) is 0 Å². The van der Waals surface area contributed by atoms with Gasteiger partial charge >= 0.3 is 0 Å². The van der Waals surface area contributed by atoms with E-state index in [0.717, 1.165) is 16.7 Å². The molecule has 0 saturated heterocycles. The van der Waals surface area contributed by atoms with Gasteiger partial charge in [-0.1, -0.05) is 18.6 Å². The third kappa shape index (κ3) is 1.22. The molecule has 3 heteroatoms. The number of para-hydroxylation sites is 2. The number of rotatable bonds is 1. The van der Waals surface area contributed by atoms with Crippen molar-refractivity contribution >= 4 is 16.7 Å². The molecule has 1 aliphatic carbocycles. The highest BCUT2D eigenvalue weighted by atomic mass is 15.0. The molecule has 1 fully saturated rings. The van der Waals surface area contributed by atoms with Crippen LogP contribution in [0.3, 0.4) is 0 Å². The summed E-state index contributed by atoms with van der Waals surface area (Å²) in [4.78, 5) is 9.29. The van der Waals surface area contributed by atoms with Gasteiger partial charge in [-0.05, 0) is 25.0 Å². The van der Waals surface area contributed by atoms with E-state index in [2.05, 4.69) is 21.5 Å². The molecule has 0 bridgehead atoms. The molecule has 1 aliphatic rings. The molecule has 0 aliphatic heterocycles. The van der Waals surface area contributed by atoms with Gasteiger partial charge in [0.1, 0.15) is 0 Å². The monoisotopic (exact) mass is 223 g/mol. The molecule has 0 N–H and O–H groups in total. The lowest BCUT2D eigenvalue weighted by Gasteiger charge is -2.25. The van der Waals surface area contributed by atoms with Crippen molar-refractivity contribution in [1.82, 2.24) is 14.4 Å².